The van der Waals surface area contributed by atoms with Crippen molar-refractivity contribution >= 4 is 5.91 Å². The van der Waals surface area contributed by atoms with E-state index in [2.05, 4.69) is 31.3 Å². The lowest BCUT2D eigenvalue weighted by molar-refractivity contribution is -0.124. The molecular formula is C47H93NO4. The number of rotatable bonds is 43. The molecule has 0 heterocycles. The highest BCUT2D eigenvalue weighted by atomic mass is 16.3. The van der Waals surface area contributed by atoms with Crippen LogP contribution in [0.1, 0.15) is 258 Å². The molecule has 0 aromatic carbocycles. The first-order valence-electron chi connectivity index (χ1n) is 23.5. The van der Waals surface area contributed by atoms with Crippen molar-refractivity contribution in [3.05, 3.63) is 12.2 Å². The zero-order valence-electron chi connectivity index (χ0n) is 35.2. The van der Waals surface area contributed by atoms with Gasteiger partial charge in [0.2, 0.25) is 5.91 Å². The summed E-state index contributed by atoms with van der Waals surface area (Å²) in [6, 6.07) is -0.804. The van der Waals surface area contributed by atoms with Crippen molar-refractivity contribution in [3.8, 4) is 0 Å². The van der Waals surface area contributed by atoms with Gasteiger partial charge in [0.25, 0.3) is 0 Å². The van der Waals surface area contributed by atoms with Crippen molar-refractivity contribution in [2.45, 2.75) is 276 Å². The number of amides is 1. The molecule has 4 N–H and O–H groups in total. The molecular weight excluding hydrogens is 643 g/mol. The number of aliphatic hydroxyl groups is 3. The number of hydrogen-bond donors (Lipinski definition) is 4. The number of hydrogen-bond acceptors (Lipinski definition) is 4. The van der Waals surface area contributed by atoms with Crippen LogP contribution in [-0.4, -0.2) is 46.1 Å². The SMILES string of the molecule is CCCCCCCCCCCCCC/C=C\CCCCCCCCCCCCCCCC(=O)NC(CO)C(O)C(O)CCCCCCCCCCC. The van der Waals surface area contributed by atoms with Crippen molar-refractivity contribution in [1.29, 1.82) is 0 Å². The highest BCUT2D eigenvalue weighted by Gasteiger charge is 2.26. The van der Waals surface area contributed by atoms with E-state index in [-0.39, 0.29) is 12.5 Å². The first-order valence-corrected chi connectivity index (χ1v) is 23.5. The molecule has 0 radical (unpaired) electrons. The number of carbonyl (C=O) groups is 1. The third kappa shape index (κ3) is 37.4. The van der Waals surface area contributed by atoms with Gasteiger partial charge >= 0.3 is 0 Å². The van der Waals surface area contributed by atoms with Crippen LogP contribution in [0.15, 0.2) is 12.2 Å². The van der Waals surface area contributed by atoms with Gasteiger partial charge in [-0.05, 0) is 38.5 Å². The molecule has 3 unspecified atom stereocenters. The number of nitrogens with one attached hydrogen (secondary N) is 1. The Labute approximate surface area is 325 Å². The van der Waals surface area contributed by atoms with E-state index >= 15 is 0 Å². The van der Waals surface area contributed by atoms with Crippen LogP contribution in [0.3, 0.4) is 0 Å². The van der Waals surface area contributed by atoms with E-state index in [4.69, 9.17) is 0 Å². The van der Waals surface area contributed by atoms with Crippen molar-refractivity contribution in [2.75, 3.05) is 6.61 Å². The van der Waals surface area contributed by atoms with Gasteiger partial charge < -0.3 is 20.6 Å². The van der Waals surface area contributed by atoms with E-state index < -0.39 is 18.2 Å². The molecule has 0 saturated carbocycles. The predicted molar refractivity (Wildman–Crippen MR) is 227 cm³/mol. The second kappa shape index (κ2) is 42.8. The minimum Gasteiger partial charge on any atom is -0.394 e. The number of unbranched alkanes of at least 4 members (excludes halogenated alkanes) is 33. The van der Waals surface area contributed by atoms with Gasteiger partial charge in [-0.2, -0.15) is 0 Å². The molecule has 0 aliphatic heterocycles. The molecule has 0 aromatic heterocycles. The summed E-state index contributed by atoms with van der Waals surface area (Å²) in [6.45, 7) is 4.17. The fourth-order valence-corrected chi connectivity index (χ4v) is 7.45. The van der Waals surface area contributed by atoms with Crippen LogP contribution < -0.4 is 5.32 Å². The predicted octanol–water partition coefficient (Wildman–Crippen LogP) is 13.6. The molecule has 1 amide bonds. The van der Waals surface area contributed by atoms with Crippen molar-refractivity contribution < 1.29 is 20.1 Å². The van der Waals surface area contributed by atoms with Gasteiger partial charge in [-0.3, -0.25) is 4.79 Å². The Morgan fingerprint density at radius 3 is 1.12 bits per heavy atom. The Bertz CT molecular complexity index is 728. The van der Waals surface area contributed by atoms with Crippen LogP contribution >= 0.6 is 0 Å². The zero-order chi connectivity index (χ0) is 38.0. The summed E-state index contributed by atoms with van der Waals surface area (Å²) in [5.74, 6) is -0.144. The van der Waals surface area contributed by atoms with E-state index in [1.807, 2.05) is 0 Å². The lowest BCUT2D eigenvalue weighted by Gasteiger charge is -2.26. The maximum Gasteiger partial charge on any atom is 0.220 e. The minimum atomic E-state index is -1.13. The second-order valence-corrected chi connectivity index (χ2v) is 16.3. The van der Waals surface area contributed by atoms with Gasteiger partial charge in [0.15, 0.2) is 0 Å². The number of aliphatic hydroxyl groups excluding tert-OH is 3. The van der Waals surface area contributed by atoms with Gasteiger partial charge in [-0.15, -0.1) is 0 Å². The maximum atomic E-state index is 12.4. The molecule has 0 saturated heterocycles. The Hall–Kier alpha value is -0.910. The average molecular weight is 736 g/mol. The molecule has 0 bridgehead atoms. The van der Waals surface area contributed by atoms with Gasteiger partial charge in [0.1, 0.15) is 6.10 Å². The smallest absolute Gasteiger partial charge is 0.220 e. The molecule has 0 aliphatic carbocycles. The van der Waals surface area contributed by atoms with E-state index in [0.29, 0.717) is 12.8 Å². The van der Waals surface area contributed by atoms with Crippen LogP contribution in [0.5, 0.6) is 0 Å². The molecule has 0 aromatic rings. The van der Waals surface area contributed by atoms with E-state index in [1.54, 1.807) is 0 Å². The Morgan fingerprint density at radius 2 is 0.769 bits per heavy atom. The minimum absolute atomic E-state index is 0.144. The highest BCUT2D eigenvalue weighted by Crippen LogP contribution is 2.17. The highest BCUT2D eigenvalue weighted by molar-refractivity contribution is 5.76. The quantitative estimate of drug-likeness (QED) is 0.0371. The molecule has 0 spiro atoms. The molecule has 0 rings (SSSR count). The first-order chi connectivity index (χ1) is 25.6. The van der Waals surface area contributed by atoms with Gasteiger partial charge in [-0.1, -0.05) is 225 Å². The van der Waals surface area contributed by atoms with E-state index in [9.17, 15) is 20.1 Å². The molecule has 52 heavy (non-hydrogen) atoms. The van der Waals surface area contributed by atoms with Gasteiger partial charge in [0, 0.05) is 6.42 Å². The van der Waals surface area contributed by atoms with E-state index in [1.165, 1.54) is 193 Å². The molecule has 0 aliphatic rings. The van der Waals surface area contributed by atoms with Gasteiger partial charge in [0.05, 0.1) is 18.8 Å². The van der Waals surface area contributed by atoms with Crippen LogP contribution in [-0.2, 0) is 4.79 Å². The summed E-state index contributed by atoms with van der Waals surface area (Å²) >= 11 is 0. The largest absolute Gasteiger partial charge is 0.394 e. The fraction of sp³-hybridized carbons (Fsp3) is 0.936. The Morgan fingerprint density at radius 1 is 0.462 bits per heavy atom. The summed E-state index contributed by atoms with van der Waals surface area (Å²) < 4.78 is 0. The second-order valence-electron chi connectivity index (χ2n) is 16.3. The maximum absolute atomic E-state index is 12.4. The summed E-state index contributed by atoms with van der Waals surface area (Å²) in [7, 11) is 0. The molecule has 310 valence electrons. The van der Waals surface area contributed by atoms with Crippen molar-refractivity contribution in [3.63, 3.8) is 0 Å². The normalized spacial score (nSPS) is 13.6. The molecule has 3 atom stereocenters. The fourth-order valence-electron chi connectivity index (χ4n) is 7.45. The first kappa shape index (κ1) is 51.1. The molecule has 5 heteroatoms. The average Bonchev–Trinajstić information content (AvgIpc) is 3.15. The zero-order valence-corrected chi connectivity index (χ0v) is 35.2. The lowest BCUT2D eigenvalue weighted by Crippen LogP contribution is -2.50. The third-order valence-corrected chi connectivity index (χ3v) is 11.1. The summed E-state index contributed by atoms with van der Waals surface area (Å²) in [4.78, 5) is 12.4. The van der Waals surface area contributed by atoms with Crippen molar-refractivity contribution in [2.24, 2.45) is 0 Å². The van der Waals surface area contributed by atoms with Gasteiger partial charge in [-0.25, -0.2) is 0 Å². The van der Waals surface area contributed by atoms with Crippen LogP contribution in [0.4, 0.5) is 0 Å². The topological polar surface area (TPSA) is 89.8 Å². The Balaban J connectivity index is 3.47. The third-order valence-electron chi connectivity index (χ3n) is 11.1. The van der Waals surface area contributed by atoms with Crippen molar-refractivity contribution in [1.82, 2.24) is 5.32 Å². The Kier molecular flexibility index (Phi) is 42.1. The lowest BCUT2D eigenvalue weighted by atomic mass is 9.99. The number of allylic oxidation sites excluding steroid dienone is 2. The number of carbonyl (C=O) groups excluding carboxylic acids is 1. The van der Waals surface area contributed by atoms with Crippen LogP contribution in [0, 0.1) is 0 Å². The van der Waals surface area contributed by atoms with E-state index in [0.717, 1.165) is 38.5 Å². The monoisotopic (exact) mass is 736 g/mol. The summed E-state index contributed by atoms with van der Waals surface area (Å²) in [5, 5.41) is 33.4. The standard InChI is InChI=1S/C47H93NO4/c1-3-5-7-9-11-13-14-15-16-17-18-19-20-21-22-23-24-25-26-27-28-29-30-31-32-34-36-38-40-42-46(51)48-44(43-49)47(52)45(50)41-39-37-35-33-12-10-8-6-4-2/h21-22,44-45,47,49-50,52H,3-20,23-43H2,1-2H3,(H,48,51)/b22-21-. The van der Waals surface area contributed by atoms with Crippen LogP contribution in [0.2, 0.25) is 0 Å². The molecule has 5 nitrogen and oxygen atoms in total. The van der Waals surface area contributed by atoms with Crippen LogP contribution in [0.25, 0.3) is 0 Å². The summed E-state index contributed by atoms with van der Waals surface area (Å²) in [5.41, 5.74) is 0. The molecule has 0 fully saturated rings. The summed E-state index contributed by atoms with van der Waals surface area (Å²) in [6.07, 6.45) is 50.7.